The number of nitrogens with zero attached hydrogens (tertiary/aromatic N) is 3. The Morgan fingerprint density at radius 1 is 1.62 bits per heavy atom. The molecule has 2 aromatic rings. The second-order valence-electron chi connectivity index (χ2n) is 2.16. The van der Waals surface area contributed by atoms with Crippen molar-refractivity contribution < 1.29 is 9.63 Å². The fourth-order valence-electron chi connectivity index (χ4n) is 0.771. The van der Waals surface area contributed by atoms with Gasteiger partial charge in [0.1, 0.15) is 4.88 Å². The highest BCUT2D eigenvalue weighted by molar-refractivity contribution is 7.11. The van der Waals surface area contributed by atoms with Crippen LogP contribution in [0.5, 0.6) is 0 Å². The van der Waals surface area contributed by atoms with Crippen molar-refractivity contribution in [2.45, 2.75) is 0 Å². The van der Waals surface area contributed by atoms with Gasteiger partial charge in [-0.05, 0) is 16.7 Å². The van der Waals surface area contributed by atoms with Crippen LogP contribution in [0.4, 0.5) is 0 Å². The zero-order valence-electron chi connectivity index (χ0n) is 6.45. The number of hydrogen-bond acceptors (Lipinski definition) is 5. The van der Waals surface area contributed by atoms with Crippen molar-refractivity contribution in [3.05, 3.63) is 34.8 Å². The minimum Gasteiger partial charge on any atom is -0.311 e. The molecule has 0 bridgehead atoms. The van der Waals surface area contributed by atoms with Gasteiger partial charge >= 0.3 is 5.97 Å². The Morgan fingerprint density at radius 3 is 3.15 bits per heavy atom. The molecule has 0 aliphatic carbocycles. The summed E-state index contributed by atoms with van der Waals surface area (Å²) in [5.74, 6) is -0.430. The van der Waals surface area contributed by atoms with Crippen molar-refractivity contribution in [3.63, 3.8) is 0 Å². The van der Waals surface area contributed by atoms with Crippen LogP contribution in [0, 0.1) is 0 Å². The van der Waals surface area contributed by atoms with Crippen molar-refractivity contribution in [1.29, 1.82) is 0 Å². The van der Waals surface area contributed by atoms with Gasteiger partial charge in [0.05, 0.1) is 12.4 Å². The molecule has 0 aliphatic rings. The molecule has 2 heterocycles. The molecule has 5 nitrogen and oxygen atoms in total. The lowest BCUT2D eigenvalue weighted by molar-refractivity contribution is 0.0389. The SMILES string of the molecule is O=C(On1ccnn1)c1cccs1. The normalized spacial score (nSPS) is 9.85. The number of aromatic nitrogens is 3. The standard InChI is InChI=1S/C7H5N3O2S/c11-7(6-2-1-5-13-6)12-10-4-3-8-9-10/h1-5H. The van der Waals surface area contributed by atoms with E-state index in [-0.39, 0.29) is 0 Å². The molecule has 0 amide bonds. The minimum atomic E-state index is -0.430. The summed E-state index contributed by atoms with van der Waals surface area (Å²) in [6.45, 7) is 0. The van der Waals surface area contributed by atoms with Crippen molar-refractivity contribution in [1.82, 2.24) is 15.2 Å². The van der Waals surface area contributed by atoms with Crippen molar-refractivity contribution in [2.24, 2.45) is 0 Å². The third-order valence-electron chi connectivity index (χ3n) is 1.30. The molecular formula is C7H5N3O2S. The first-order valence-corrected chi connectivity index (χ1v) is 4.37. The maximum absolute atomic E-state index is 11.3. The number of carbonyl (C=O) groups excluding carboxylic acids is 1. The largest absolute Gasteiger partial charge is 0.375 e. The van der Waals surface area contributed by atoms with Gasteiger partial charge in [-0.1, -0.05) is 10.9 Å². The summed E-state index contributed by atoms with van der Waals surface area (Å²) in [6, 6.07) is 3.46. The maximum atomic E-state index is 11.3. The van der Waals surface area contributed by atoms with Gasteiger partial charge in [0.15, 0.2) is 0 Å². The monoisotopic (exact) mass is 195 g/mol. The van der Waals surface area contributed by atoms with Crippen molar-refractivity contribution >= 4 is 17.3 Å². The van der Waals surface area contributed by atoms with Crippen LogP contribution in [0.1, 0.15) is 9.67 Å². The van der Waals surface area contributed by atoms with Crippen molar-refractivity contribution in [2.75, 3.05) is 0 Å². The number of hydrogen-bond donors (Lipinski definition) is 0. The van der Waals surface area contributed by atoms with Gasteiger partial charge < -0.3 is 4.84 Å². The van der Waals surface area contributed by atoms with Crippen LogP contribution in [0.3, 0.4) is 0 Å². The molecule has 13 heavy (non-hydrogen) atoms. The minimum absolute atomic E-state index is 0.430. The summed E-state index contributed by atoms with van der Waals surface area (Å²) >= 11 is 1.32. The smallest absolute Gasteiger partial charge is 0.311 e. The molecule has 66 valence electrons. The van der Waals surface area contributed by atoms with Crippen LogP contribution in [-0.2, 0) is 0 Å². The molecule has 0 aliphatic heterocycles. The summed E-state index contributed by atoms with van der Waals surface area (Å²) in [7, 11) is 0. The molecule has 0 fully saturated rings. The Balaban J connectivity index is 2.08. The van der Waals surface area contributed by atoms with E-state index in [2.05, 4.69) is 10.3 Å². The predicted octanol–water partition coefficient (Wildman–Crippen LogP) is 0.609. The Morgan fingerprint density at radius 2 is 2.54 bits per heavy atom. The molecule has 0 radical (unpaired) electrons. The molecule has 0 unspecified atom stereocenters. The molecule has 6 heteroatoms. The van der Waals surface area contributed by atoms with Gasteiger partial charge in [-0.25, -0.2) is 4.79 Å². The zero-order valence-corrected chi connectivity index (χ0v) is 7.27. The average Bonchev–Trinajstić information content (AvgIpc) is 2.74. The Kier molecular flexibility index (Phi) is 2.05. The lowest BCUT2D eigenvalue weighted by Crippen LogP contribution is -2.19. The van der Waals surface area contributed by atoms with Gasteiger partial charge in [0, 0.05) is 0 Å². The van der Waals surface area contributed by atoms with Crippen LogP contribution in [-0.4, -0.2) is 21.1 Å². The summed E-state index contributed by atoms with van der Waals surface area (Å²) < 4.78 is 0. The van der Waals surface area contributed by atoms with Crippen LogP contribution in [0.2, 0.25) is 0 Å². The highest BCUT2D eigenvalue weighted by Gasteiger charge is 2.08. The highest BCUT2D eigenvalue weighted by Crippen LogP contribution is 2.08. The number of thiophene rings is 1. The number of carbonyl (C=O) groups is 1. The van der Waals surface area contributed by atoms with E-state index in [0.717, 1.165) is 4.85 Å². The fourth-order valence-corrected chi connectivity index (χ4v) is 1.37. The van der Waals surface area contributed by atoms with Crippen molar-refractivity contribution in [3.8, 4) is 0 Å². The average molecular weight is 195 g/mol. The van der Waals surface area contributed by atoms with Crippen LogP contribution in [0.15, 0.2) is 29.9 Å². The lowest BCUT2D eigenvalue weighted by Gasteiger charge is -1.97. The van der Waals surface area contributed by atoms with E-state index < -0.39 is 5.97 Å². The van der Waals surface area contributed by atoms with E-state index in [1.54, 1.807) is 17.5 Å². The lowest BCUT2D eigenvalue weighted by atomic mass is 10.5. The summed E-state index contributed by atoms with van der Waals surface area (Å²) in [4.78, 5) is 17.6. The van der Waals surface area contributed by atoms with E-state index in [1.807, 2.05) is 0 Å². The maximum Gasteiger partial charge on any atom is 0.375 e. The first kappa shape index (κ1) is 7.93. The topological polar surface area (TPSA) is 57.0 Å². The molecular weight excluding hydrogens is 190 g/mol. The van der Waals surface area contributed by atoms with Gasteiger partial charge in [-0.3, -0.25) is 0 Å². The Bertz CT molecular complexity index is 382. The van der Waals surface area contributed by atoms with Gasteiger partial charge in [0.2, 0.25) is 0 Å². The highest BCUT2D eigenvalue weighted by atomic mass is 32.1. The molecule has 0 spiro atoms. The third kappa shape index (κ3) is 1.73. The van der Waals surface area contributed by atoms with Crippen LogP contribution < -0.4 is 4.84 Å². The quantitative estimate of drug-likeness (QED) is 0.659. The second-order valence-corrected chi connectivity index (χ2v) is 3.11. The first-order valence-electron chi connectivity index (χ1n) is 3.49. The van der Waals surface area contributed by atoms with Gasteiger partial charge in [0.25, 0.3) is 0 Å². The molecule has 2 aromatic heterocycles. The third-order valence-corrected chi connectivity index (χ3v) is 2.15. The molecule has 0 N–H and O–H groups in total. The van der Waals surface area contributed by atoms with Crippen LogP contribution in [0.25, 0.3) is 0 Å². The predicted molar refractivity (Wildman–Crippen MR) is 45.3 cm³/mol. The molecule has 2 rings (SSSR count). The van der Waals surface area contributed by atoms with Crippen LogP contribution >= 0.6 is 11.3 Å². The van der Waals surface area contributed by atoms with Gasteiger partial charge in [-0.2, -0.15) is 0 Å². The summed E-state index contributed by atoms with van der Waals surface area (Å²) in [5.41, 5.74) is 0. The Hall–Kier alpha value is -1.69. The molecule has 0 saturated carbocycles. The van der Waals surface area contributed by atoms with Gasteiger partial charge in [-0.15, -0.1) is 16.4 Å². The summed E-state index contributed by atoms with van der Waals surface area (Å²) in [6.07, 6.45) is 2.88. The molecule has 0 atom stereocenters. The zero-order chi connectivity index (χ0) is 9.10. The fraction of sp³-hybridized carbons (Fsp3) is 0. The Labute approximate surface area is 77.5 Å². The van der Waals surface area contributed by atoms with E-state index in [0.29, 0.717) is 4.88 Å². The van der Waals surface area contributed by atoms with E-state index in [4.69, 9.17) is 4.84 Å². The van der Waals surface area contributed by atoms with E-state index in [1.165, 1.54) is 23.7 Å². The van der Waals surface area contributed by atoms with E-state index >= 15 is 0 Å². The number of rotatable bonds is 2. The van der Waals surface area contributed by atoms with E-state index in [9.17, 15) is 4.79 Å². The summed E-state index contributed by atoms with van der Waals surface area (Å²) in [5, 5.41) is 8.79. The second kappa shape index (κ2) is 3.36. The molecule has 0 aromatic carbocycles. The molecule has 0 saturated heterocycles. The first-order chi connectivity index (χ1) is 6.36.